The second-order valence-corrected chi connectivity index (χ2v) is 9.29. The highest BCUT2D eigenvalue weighted by Crippen LogP contribution is 2.38. The van der Waals surface area contributed by atoms with E-state index in [-0.39, 0.29) is 40.5 Å². The lowest BCUT2D eigenvalue weighted by Gasteiger charge is -2.24. The highest BCUT2D eigenvalue weighted by Gasteiger charge is 2.31. The summed E-state index contributed by atoms with van der Waals surface area (Å²) >= 11 is 12.2. The van der Waals surface area contributed by atoms with Gasteiger partial charge in [0.05, 0.1) is 22.2 Å². The molecule has 1 atom stereocenters. The summed E-state index contributed by atoms with van der Waals surface area (Å²) in [5.41, 5.74) is -0.732. The zero-order valence-electron chi connectivity index (χ0n) is 19.0. The summed E-state index contributed by atoms with van der Waals surface area (Å²) in [7, 11) is 0. The van der Waals surface area contributed by atoms with Crippen LogP contribution in [0.15, 0.2) is 48.0 Å². The molecule has 0 aliphatic rings. The van der Waals surface area contributed by atoms with E-state index in [9.17, 15) is 18.0 Å². The number of carbonyl (C=O) groups is 1. The number of esters is 1. The van der Waals surface area contributed by atoms with Gasteiger partial charge in [-0.25, -0.2) is 4.79 Å². The summed E-state index contributed by atoms with van der Waals surface area (Å²) in [5.74, 6) is -0.123. The first-order valence-electron chi connectivity index (χ1n) is 10.2. The van der Waals surface area contributed by atoms with Crippen molar-refractivity contribution in [3.63, 3.8) is 0 Å². The number of halogens is 5. The summed E-state index contributed by atoms with van der Waals surface area (Å²) in [6, 6.07) is 7.24. The molecule has 0 spiro atoms. The quantitative estimate of drug-likeness (QED) is 0.297. The summed E-state index contributed by atoms with van der Waals surface area (Å²) in [5, 5.41) is 9.10. The van der Waals surface area contributed by atoms with Gasteiger partial charge in [-0.05, 0) is 48.2 Å². The number of ether oxygens (including phenoxy) is 3. The van der Waals surface area contributed by atoms with E-state index in [0.717, 1.165) is 18.2 Å². The van der Waals surface area contributed by atoms with Crippen LogP contribution in [0, 0.1) is 5.41 Å². The number of alkyl halides is 3. The monoisotopic (exact) mass is 520 g/mol. The Morgan fingerprint density at radius 1 is 1.06 bits per heavy atom. The lowest BCUT2D eigenvalue weighted by molar-refractivity contribution is -0.144. The summed E-state index contributed by atoms with van der Waals surface area (Å²) in [4.78, 5) is 12.1. The topological polar surface area (TPSA) is 65.0 Å². The van der Waals surface area contributed by atoms with Gasteiger partial charge in [0.25, 0.3) is 0 Å². The van der Waals surface area contributed by atoms with Gasteiger partial charge < -0.3 is 19.3 Å². The molecule has 0 aliphatic carbocycles. The van der Waals surface area contributed by atoms with Crippen molar-refractivity contribution in [2.75, 3.05) is 13.2 Å². The lowest BCUT2D eigenvalue weighted by atomic mass is 9.86. The molecule has 0 bridgehead atoms. The average molecular weight is 521 g/mol. The summed E-state index contributed by atoms with van der Waals surface area (Å²) < 4.78 is 55.0. The first-order chi connectivity index (χ1) is 15.7. The molecule has 1 N–H and O–H groups in total. The van der Waals surface area contributed by atoms with Gasteiger partial charge in [0.1, 0.15) is 30.0 Å². The lowest BCUT2D eigenvalue weighted by Crippen LogP contribution is -2.21. The van der Waals surface area contributed by atoms with E-state index < -0.39 is 29.2 Å². The molecule has 186 valence electrons. The molecule has 10 heteroatoms. The van der Waals surface area contributed by atoms with Crippen LogP contribution in [-0.2, 0) is 15.7 Å². The molecule has 0 fully saturated rings. The van der Waals surface area contributed by atoms with Crippen molar-refractivity contribution in [3.05, 3.63) is 63.7 Å². The van der Waals surface area contributed by atoms with Crippen molar-refractivity contribution in [1.82, 2.24) is 0 Å². The van der Waals surface area contributed by atoms with Crippen molar-refractivity contribution in [3.8, 4) is 17.2 Å². The van der Waals surface area contributed by atoms with E-state index in [1.807, 2.05) is 20.8 Å². The second kappa shape index (κ2) is 11.3. The predicted octanol–water partition coefficient (Wildman–Crippen LogP) is 7.08. The van der Waals surface area contributed by atoms with Crippen molar-refractivity contribution in [2.24, 2.45) is 5.41 Å². The van der Waals surface area contributed by atoms with Gasteiger partial charge in [0.15, 0.2) is 0 Å². The fourth-order valence-electron chi connectivity index (χ4n) is 2.59. The van der Waals surface area contributed by atoms with Gasteiger partial charge in [0.2, 0.25) is 0 Å². The number of hydrogen-bond donors (Lipinski definition) is 1. The Bertz CT molecular complexity index is 1050. The smallest absolute Gasteiger partial charge is 0.416 e. The highest BCUT2D eigenvalue weighted by atomic mass is 35.5. The Morgan fingerprint density at radius 3 is 2.29 bits per heavy atom. The van der Waals surface area contributed by atoms with Crippen LogP contribution in [0.25, 0.3) is 0 Å². The molecule has 0 amide bonds. The molecule has 2 rings (SSSR count). The summed E-state index contributed by atoms with van der Waals surface area (Å²) in [6.45, 7) is 6.92. The third kappa shape index (κ3) is 8.11. The number of carbonyl (C=O) groups excluding carboxylic acids is 1. The molecular weight excluding hydrogens is 496 g/mol. The largest absolute Gasteiger partial charge is 0.488 e. The number of hydrogen-bond acceptors (Lipinski definition) is 5. The molecule has 5 nitrogen and oxygen atoms in total. The summed E-state index contributed by atoms with van der Waals surface area (Å²) in [6.07, 6.45) is -3.86. The molecule has 0 aromatic heterocycles. The van der Waals surface area contributed by atoms with Crippen LogP contribution < -0.4 is 9.47 Å². The molecule has 2 aromatic rings. The minimum Gasteiger partial charge on any atom is -0.488 e. The van der Waals surface area contributed by atoms with Gasteiger partial charge in [-0.3, -0.25) is 0 Å². The zero-order valence-corrected chi connectivity index (χ0v) is 20.5. The van der Waals surface area contributed by atoms with Crippen molar-refractivity contribution in [1.29, 1.82) is 0 Å². The predicted molar refractivity (Wildman–Crippen MR) is 124 cm³/mol. The minimum absolute atomic E-state index is 0.00366. The normalized spacial score (nSPS) is 13.4. The maximum Gasteiger partial charge on any atom is 0.416 e. The highest BCUT2D eigenvalue weighted by molar-refractivity contribution is 6.32. The SMILES string of the molecule is CC(CO)OC(=O)C=C(COc1cc(Oc2ccc(C(F)(F)F)cc2Cl)ccc1Cl)C(C)(C)C. The van der Waals surface area contributed by atoms with Crippen LogP contribution in [0.4, 0.5) is 13.2 Å². The van der Waals surface area contributed by atoms with Crippen molar-refractivity contribution >= 4 is 29.2 Å². The first-order valence-corrected chi connectivity index (χ1v) is 11.0. The average Bonchev–Trinajstić information content (AvgIpc) is 2.72. The Balaban J connectivity index is 2.20. The van der Waals surface area contributed by atoms with Crippen LogP contribution in [-0.4, -0.2) is 30.4 Å². The molecule has 0 saturated carbocycles. The third-order valence-corrected chi connectivity index (χ3v) is 5.21. The molecule has 0 radical (unpaired) electrons. The number of benzene rings is 2. The molecule has 1 unspecified atom stereocenters. The Hall–Kier alpha value is -2.42. The Morgan fingerprint density at radius 2 is 1.74 bits per heavy atom. The van der Waals surface area contributed by atoms with Crippen molar-refractivity contribution < 1.29 is 37.3 Å². The van der Waals surface area contributed by atoms with E-state index in [0.29, 0.717) is 5.57 Å². The van der Waals surface area contributed by atoms with Crippen molar-refractivity contribution in [2.45, 2.75) is 40.0 Å². The zero-order chi connectivity index (χ0) is 25.7. The number of aliphatic hydroxyl groups is 1. The van der Waals surface area contributed by atoms with Gasteiger partial charge in [-0.15, -0.1) is 0 Å². The molecule has 34 heavy (non-hydrogen) atoms. The Labute approximate surface area is 206 Å². The number of aliphatic hydroxyl groups excluding tert-OH is 1. The van der Waals surface area contributed by atoms with E-state index in [1.54, 1.807) is 6.92 Å². The molecule has 0 saturated heterocycles. The van der Waals surface area contributed by atoms with E-state index in [2.05, 4.69) is 0 Å². The van der Waals surface area contributed by atoms with Crippen LogP contribution >= 0.6 is 23.2 Å². The fourth-order valence-corrected chi connectivity index (χ4v) is 2.98. The number of rotatable bonds is 8. The minimum atomic E-state index is -4.52. The van der Waals surface area contributed by atoms with Crippen LogP contribution in [0.5, 0.6) is 17.2 Å². The van der Waals surface area contributed by atoms with E-state index in [4.69, 9.17) is 42.5 Å². The maximum absolute atomic E-state index is 12.8. The van der Waals surface area contributed by atoms with Crippen LogP contribution in [0.3, 0.4) is 0 Å². The maximum atomic E-state index is 12.8. The van der Waals surface area contributed by atoms with Crippen LogP contribution in [0.1, 0.15) is 33.3 Å². The standard InChI is InChI=1S/C24H25Cl2F3O5/c1-14(12-30)33-22(31)10-16(23(2,3)4)13-32-21-11-17(6-7-18(21)25)34-20-8-5-15(9-19(20)26)24(27,28)29/h5-11,14,30H,12-13H2,1-4H3. The van der Waals surface area contributed by atoms with Gasteiger partial charge >= 0.3 is 12.1 Å². The van der Waals surface area contributed by atoms with Gasteiger partial charge in [-0.2, -0.15) is 13.2 Å². The van der Waals surface area contributed by atoms with Gasteiger partial charge in [0, 0.05) is 12.1 Å². The van der Waals surface area contributed by atoms with Gasteiger partial charge in [-0.1, -0.05) is 44.0 Å². The first kappa shape index (κ1) is 27.8. The second-order valence-electron chi connectivity index (χ2n) is 8.48. The molecule has 0 aliphatic heterocycles. The molecule has 2 aromatic carbocycles. The third-order valence-electron chi connectivity index (χ3n) is 4.60. The van der Waals surface area contributed by atoms with E-state index >= 15 is 0 Å². The fraction of sp³-hybridized carbons (Fsp3) is 0.375. The van der Waals surface area contributed by atoms with Crippen LogP contribution in [0.2, 0.25) is 10.0 Å². The molecular formula is C24H25Cl2F3O5. The van der Waals surface area contributed by atoms with E-state index in [1.165, 1.54) is 24.3 Å². The Kier molecular flexibility index (Phi) is 9.28. The molecule has 0 heterocycles.